The van der Waals surface area contributed by atoms with Gasteiger partial charge in [-0.1, -0.05) is 29.8 Å². The first-order valence-electron chi connectivity index (χ1n) is 7.67. The van der Waals surface area contributed by atoms with E-state index >= 15 is 0 Å². The summed E-state index contributed by atoms with van der Waals surface area (Å²) in [4.78, 5) is 21.6. The van der Waals surface area contributed by atoms with Gasteiger partial charge in [-0.3, -0.25) is 14.9 Å². The maximum atomic E-state index is 12.9. The van der Waals surface area contributed by atoms with Crippen LogP contribution in [-0.4, -0.2) is 34.8 Å². The molecule has 1 atom stereocenters. The van der Waals surface area contributed by atoms with Crippen LogP contribution in [0.4, 0.5) is 5.69 Å². The topological polar surface area (TPSA) is 118 Å². The molecule has 0 saturated heterocycles. The Bertz CT molecular complexity index is 907. The van der Waals surface area contributed by atoms with Gasteiger partial charge in [0.05, 0.1) is 9.82 Å². The molecular weight excluding hydrogens is 360 g/mol. The molecule has 0 spiro atoms. The lowest BCUT2D eigenvalue weighted by Gasteiger charge is -2.26. The molecule has 0 heterocycles. The van der Waals surface area contributed by atoms with Gasteiger partial charge in [-0.2, -0.15) is 4.31 Å². The third-order valence-corrected chi connectivity index (χ3v) is 5.83. The molecule has 0 amide bonds. The maximum absolute atomic E-state index is 12.9. The van der Waals surface area contributed by atoms with Crippen LogP contribution in [0.1, 0.15) is 18.1 Å². The lowest BCUT2D eigenvalue weighted by atomic mass is 10.2. The molecule has 8 nitrogen and oxygen atoms in total. The van der Waals surface area contributed by atoms with Gasteiger partial charge in [0.2, 0.25) is 10.0 Å². The van der Waals surface area contributed by atoms with Crippen LogP contribution in [0, 0.1) is 17.0 Å². The Labute approximate surface area is 150 Å². The molecule has 0 aliphatic heterocycles. The predicted molar refractivity (Wildman–Crippen MR) is 94.1 cm³/mol. The molecule has 2 aromatic rings. The second kappa shape index (κ2) is 7.63. The summed E-state index contributed by atoms with van der Waals surface area (Å²) in [5.74, 6) is -1.29. The monoisotopic (exact) mass is 378 g/mol. The minimum atomic E-state index is -4.07. The number of aliphatic carboxylic acids is 1. The molecule has 0 unspecified atom stereocenters. The second-order valence-electron chi connectivity index (χ2n) is 5.80. The van der Waals surface area contributed by atoms with Crippen molar-refractivity contribution in [2.24, 2.45) is 0 Å². The molecule has 0 aromatic heterocycles. The van der Waals surface area contributed by atoms with E-state index < -0.39 is 27.0 Å². The van der Waals surface area contributed by atoms with E-state index in [1.165, 1.54) is 43.3 Å². The molecule has 1 N–H and O–H groups in total. The zero-order valence-corrected chi connectivity index (χ0v) is 15.0. The number of carbonyl (C=O) groups is 1. The lowest BCUT2D eigenvalue weighted by molar-refractivity contribution is -0.384. The Kier molecular flexibility index (Phi) is 5.73. The van der Waals surface area contributed by atoms with Gasteiger partial charge in [0.25, 0.3) is 5.69 Å². The largest absolute Gasteiger partial charge is 0.480 e. The van der Waals surface area contributed by atoms with Crippen LogP contribution in [0.3, 0.4) is 0 Å². The van der Waals surface area contributed by atoms with Crippen molar-refractivity contribution in [3.05, 3.63) is 69.8 Å². The van der Waals surface area contributed by atoms with Crippen LogP contribution in [0.2, 0.25) is 0 Å². The zero-order chi connectivity index (χ0) is 19.5. The van der Waals surface area contributed by atoms with E-state index in [2.05, 4.69) is 0 Å². The first-order valence-corrected chi connectivity index (χ1v) is 9.11. The number of hydrogen-bond donors (Lipinski definition) is 1. The molecule has 0 aliphatic rings. The summed E-state index contributed by atoms with van der Waals surface area (Å²) in [5.41, 5.74) is 1.18. The highest BCUT2D eigenvalue weighted by atomic mass is 32.2. The molecule has 0 radical (unpaired) electrons. The minimum Gasteiger partial charge on any atom is -0.480 e. The van der Waals surface area contributed by atoms with E-state index in [1.807, 2.05) is 6.92 Å². The number of nitro benzene ring substituents is 1. The average molecular weight is 378 g/mol. The molecule has 2 aromatic carbocycles. The van der Waals surface area contributed by atoms with Gasteiger partial charge in [-0.15, -0.1) is 0 Å². The summed E-state index contributed by atoms with van der Waals surface area (Å²) in [7, 11) is -4.07. The van der Waals surface area contributed by atoms with E-state index in [1.54, 1.807) is 12.1 Å². The van der Waals surface area contributed by atoms with Crippen molar-refractivity contribution in [3.8, 4) is 0 Å². The molecule has 9 heteroatoms. The number of hydrogen-bond acceptors (Lipinski definition) is 5. The van der Waals surface area contributed by atoms with Crippen LogP contribution in [-0.2, 0) is 21.4 Å². The predicted octanol–water partition coefficient (Wildman–Crippen LogP) is 2.57. The highest BCUT2D eigenvalue weighted by molar-refractivity contribution is 7.89. The first-order chi connectivity index (χ1) is 12.1. The second-order valence-corrected chi connectivity index (χ2v) is 7.69. The van der Waals surface area contributed by atoms with E-state index in [9.17, 15) is 28.4 Å². The number of benzene rings is 2. The molecule has 2 rings (SSSR count). The molecule has 138 valence electrons. The van der Waals surface area contributed by atoms with E-state index in [0.29, 0.717) is 5.56 Å². The number of carboxylic acid groups (broad SMARTS) is 1. The number of carboxylic acids is 1. The fourth-order valence-electron chi connectivity index (χ4n) is 2.30. The number of aryl methyl sites for hydroxylation is 1. The summed E-state index contributed by atoms with van der Waals surface area (Å²) in [6.07, 6.45) is 0. The minimum absolute atomic E-state index is 0.0156. The van der Waals surface area contributed by atoms with Crippen LogP contribution in [0.25, 0.3) is 0 Å². The SMILES string of the molecule is Cc1ccc(S(=O)(=O)N(Cc2ccc([N+](=O)[O-])cc2)[C@@H](C)C(=O)O)cc1. The van der Waals surface area contributed by atoms with Crippen LogP contribution in [0.15, 0.2) is 53.4 Å². The summed E-state index contributed by atoms with van der Waals surface area (Å²) < 4.78 is 26.7. The normalized spacial score (nSPS) is 12.7. The van der Waals surface area contributed by atoms with E-state index in [-0.39, 0.29) is 17.1 Å². The highest BCUT2D eigenvalue weighted by Crippen LogP contribution is 2.23. The number of sulfonamides is 1. The standard InChI is InChI=1S/C17H18N2O6S/c1-12-3-9-16(10-4-12)26(24,25)18(13(2)17(20)21)11-14-5-7-15(8-6-14)19(22)23/h3-10,13H,11H2,1-2H3,(H,20,21)/t13-/m0/s1. The van der Waals surface area contributed by atoms with Crippen molar-refractivity contribution in [1.82, 2.24) is 4.31 Å². The number of nitro groups is 1. The molecule has 0 bridgehead atoms. The first kappa shape index (κ1) is 19.5. The van der Waals surface area contributed by atoms with Crippen LogP contribution < -0.4 is 0 Å². The summed E-state index contributed by atoms with van der Waals surface area (Å²) in [6, 6.07) is 10.1. The summed E-state index contributed by atoms with van der Waals surface area (Å²) >= 11 is 0. The van der Waals surface area contributed by atoms with Gasteiger partial charge in [-0.25, -0.2) is 8.42 Å². The lowest BCUT2D eigenvalue weighted by Crippen LogP contribution is -2.42. The summed E-state index contributed by atoms with van der Waals surface area (Å²) in [6.45, 7) is 2.87. The molecular formula is C17H18N2O6S. The quantitative estimate of drug-likeness (QED) is 0.584. The van der Waals surface area contributed by atoms with E-state index in [0.717, 1.165) is 9.87 Å². The Morgan fingerprint density at radius 1 is 1.15 bits per heavy atom. The van der Waals surface area contributed by atoms with Crippen molar-refractivity contribution in [1.29, 1.82) is 0 Å². The third-order valence-electron chi connectivity index (χ3n) is 3.90. The number of rotatable bonds is 7. The smallest absolute Gasteiger partial charge is 0.321 e. The number of non-ortho nitro benzene ring substituents is 1. The Morgan fingerprint density at radius 2 is 1.69 bits per heavy atom. The highest BCUT2D eigenvalue weighted by Gasteiger charge is 2.33. The Hall–Kier alpha value is -2.78. The van der Waals surface area contributed by atoms with Crippen molar-refractivity contribution in [3.63, 3.8) is 0 Å². The molecule has 0 saturated carbocycles. The van der Waals surface area contributed by atoms with Gasteiger partial charge in [-0.05, 0) is 31.5 Å². The molecule has 0 fully saturated rings. The van der Waals surface area contributed by atoms with E-state index in [4.69, 9.17) is 0 Å². The average Bonchev–Trinajstić information content (AvgIpc) is 2.59. The van der Waals surface area contributed by atoms with Crippen molar-refractivity contribution in [2.45, 2.75) is 31.3 Å². The summed E-state index contributed by atoms with van der Waals surface area (Å²) in [5, 5.41) is 20.0. The Morgan fingerprint density at radius 3 is 2.15 bits per heavy atom. The van der Waals surface area contributed by atoms with Crippen LogP contribution in [0.5, 0.6) is 0 Å². The van der Waals surface area contributed by atoms with Gasteiger partial charge in [0, 0.05) is 18.7 Å². The van der Waals surface area contributed by atoms with Gasteiger partial charge in [0.1, 0.15) is 6.04 Å². The zero-order valence-electron chi connectivity index (χ0n) is 14.2. The molecule has 0 aliphatic carbocycles. The maximum Gasteiger partial charge on any atom is 0.321 e. The third kappa shape index (κ3) is 4.24. The molecule has 26 heavy (non-hydrogen) atoms. The van der Waals surface area contributed by atoms with Gasteiger partial charge >= 0.3 is 5.97 Å². The van der Waals surface area contributed by atoms with Crippen LogP contribution >= 0.6 is 0 Å². The van der Waals surface area contributed by atoms with Crippen molar-refractivity contribution < 1.29 is 23.2 Å². The fraction of sp³-hybridized carbons (Fsp3) is 0.235. The fourth-order valence-corrected chi connectivity index (χ4v) is 3.88. The van der Waals surface area contributed by atoms with Gasteiger partial charge in [0.15, 0.2) is 0 Å². The number of nitrogens with zero attached hydrogens (tertiary/aromatic N) is 2. The van der Waals surface area contributed by atoms with Crippen molar-refractivity contribution >= 4 is 21.7 Å². The van der Waals surface area contributed by atoms with Gasteiger partial charge < -0.3 is 5.11 Å². The Balaban J connectivity index is 2.41. The van der Waals surface area contributed by atoms with Crippen molar-refractivity contribution in [2.75, 3.05) is 0 Å².